The highest BCUT2D eigenvalue weighted by molar-refractivity contribution is 5.93. The van der Waals surface area contributed by atoms with Crippen LogP contribution in [0.4, 0.5) is 4.39 Å². The predicted octanol–water partition coefficient (Wildman–Crippen LogP) is 1.42. The van der Waals surface area contributed by atoms with E-state index >= 15 is 0 Å². The maximum Gasteiger partial charge on any atom is 0.168 e. The smallest absolute Gasteiger partial charge is 0.168 e. The van der Waals surface area contributed by atoms with Crippen LogP contribution in [-0.4, -0.2) is 17.5 Å². The molecule has 1 aromatic rings. The fourth-order valence-corrected chi connectivity index (χ4v) is 1.77. The first-order chi connectivity index (χ1) is 6.69. The number of rotatable bonds is 3. The molecule has 14 heavy (non-hydrogen) atoms. The molecule has 0 amide bonds. The second kappa shape index (κ2) is 3.17. The Kier molecular flexibility index (Phi) is 2.11. The lowest BCUT2D eigenvalue weighted by atomic mass is 9.92. The van der Waals surface area contributed by atoms with Crippen molar-refractivity contribution < 1.29 is 14.3 Å². The maximum atomic E-state index is 12.6. The first kappa shape index (κ1) is 9.34. The molecule has 0 unspecified atom stereocenters. The van der Waals surface area contributed by atoms with Crippen LogP contribution < -0.4 is 0 Å². The summed E-state index contributed by atoms with van der Waals surface area (Å²) in [6.07, 6.45) is 1.52. The van der Waals surface area contributed by atoms with Gasteiger partial charge in [-0.05, 0) is 30.5 Å². The number of carbonyl (C=O) groups excluding carboxylic acids is 1. The van der Waals surface area contributed by atoms with E-state index in [4.69, 9.17) is 5.11 Å². The van der Waals surface area contributed by atoms with Crippen LogP contribution in [0.1, 0.15) is 18.4 Å². The molecule has 1 N–H and O–H groups in total. The minimum atomic E-state index is -0.511. The van der Waals surface area contributed by atoms with Crippen LogP contribution in [0, 0.1) is 5.82 Å². The van der Waals surface area contributed by atoms with Crippen molar-refractivity contribution in [2.45, 2.75) is 18.3 Å². The molecule has 0 radical (unpaired) electrons. The summed E-state index contributed by atoms with van der Waals surface area (Å²) in [6.45, 7) is -0.433. The standard InChI is InChI=1S/C11H11FO2/c12-9-3-1-8(2-4-9)11(5-6-11)10(14)7-13/h1-4,13H,5-7H2. The second-order valence-electron chi connectivity index (χ2n) is 3.67. The second-order valence-corrected chi connectivity index (χ2v) is 3.67. The van der Waals surface area contributed by atoms with Crippen molar-refractivity contribution in [1.82, 2.24) is 0 Å². The Bertz CT molecular complexity index is 352. The zero-order chi connectivity index (χ0) is 10.2. The average Bonchev–Trinajstić information content (AvgIpc) is 2.99. The number of Topliss-reactive ketones (excluding diaryl/α,β-unsaturated/α-hetero) is 1. The molecule has 1 aliphatic rings. The van der Waals surface area contributed by atoms with E-state index in [-0.39, 0.29) is 11.6 Å². The molecule has 0 heterocycles. The van der Waals surface area contributed by atoms with Crippen molar-refractivity contribution in [2.24, 2.45) is 0 Å². The van der Waals surface area contributed by atoms with E-state index in [1.165, 1.54) is 12.1 Å². The number of halogens is 1. The molecular weight excluding hydrogens is 183 g/mol. The van der Waals surface area contributed by atoms with E-state index in [2.05, 4.69) is 0 Å². The number of aliphatic hydroxyl groups is 1. The molecule has 2 rings (SSSR count). The van der Waals surface area contributed by atoms with E-state index in [1.54, 1.807) is 12.1 Å². The minimum absolute atomic E-state index is 0.163. The van der Waals surface area contributed by atoms with E-state index in [0.29, 0.717) is 0 Å². The van der Waals surface area contributed by atoms with Gasteiger partial charge in [0.25, 0.3) is 0 Å². The molecule has 0 atom stereocenters. The third-order valence-corrected chi connectivity index (χ3v) is 2.82. The van der Waals surface area contributed by atoms with E-state index in [0.717, 1.165) is 18.4 Å². The Balaban J connectivity index is 2.31. The first-order valence-corrected chi connectivity index (χ1v) is 4.59. The van der Waals surface area contributed by atoms with Crippen molar-refractivity contribution in [3.05, 3.63) is 35.6 Å². The monoisotopic (exact) mass is 194 g/mol. The fourth-order valence-electron chi connectivity index (χ4n) is 1.77. The third kappa shape index (κ3) is 1.34. The molecule has 0 spiro atoms. The molecule has 0 saturated heterocycles. The highest BCUT2D eigenvalue weighted by Gasteiger charge is 2.50. The van der Waals surface area contributed by atoms with Crippen LogP contribution in [0.5, 0.6) is 0 Å². The molecule has 0 aromatic heterocycles. The van der Waals surface area contributed by atoms with Crippen molar-refractivity contribution >= 4 is 5.78 Å². The lowest BCUT2D eigenvalue weighted by Crippen LogP contribution is -2.23. The van der Waals surface area contributed by atoms with Gasteiger partial charge in [0.05, 0.1) is 5.41 Å². The molecule has 1 fully saturated rings. The molecular formula is C11H11FO2. The SMILES string of the molecule is O=C(CO)C1(c2ccc(F)cc2)CC1. The Morgan fingerprint density at radius 1 is 1.36 bits per heavy atom. The number of hydrogen-bond acceptors (Lipinski definition) is 2. The maximum absolute atomic E-state index is 12.6. The zero-order valence-electron chi connectivity index (χ0n) is 7.66. The third-order valence-electron chi connectivity index (χ3n) is 2.82. The summed E-state index contributed by atoms with van der Waals surface area (Å²) < 4.78 is 12.6. The Hall–Kier alpha value is -1.22. The van der Waals surface area contributed by atoms with Crippen LogP contribution in [-0.2, 0) is 10.2 Å². The fraction of sp³-hybridized carbons (Fsp3) is 0.364. The van der Waals surface area contributed by atoms with Crippen molar-refractivity contribution in [3.8, 4) is 0 Å². The quantitative estimate of drug-likeness (QED) is 0.790. The summed E-state index contributed by atoms with van der Waals surface area (Å²) in [7, 11) is 0. The number of carbonyl (C=O) groups is 1. The molecule has 3 heteroatoms. The number of hydrogen-bond donors (Lipinski definition) is 1. The van der Waals surface area contributed by atoms with Gasteiger partial charge in [0.2, 0.25) is 0 Å². The molecule has 1 aliphatic carbocycles. The molecule has 1 saturated carbocycles. The topological polar surface area (TPSA) is 37.3 Å². The van der Waals surface area contributed by atoms with Gasteiger partial charge in [0.15, 0.2) is 5.78 Å². The minimum Gasteiger partial charge on any atom is -0.389 e. The van der Waals surface area contributed by atoms with Crippen LogP contribution in [0.2, 0.25) is 0 Å². The lowest BCUT2D eigenvalue weighted by molar-refractivity contribution is -0.124. The van der Waals surface area contributed by atoms with Gasteiger partial charge in [-0.1, -0.05) is 12.1 Å². The molecule has 74 valence electrons. The molecule has 0 bridgehead atoms. The largest absolute Gasteiger partial charge is 0.389 e. The summed E-state index contributed by atoms with van der Waals surface area (Å²) in [5.74, 6) is -0.467. The predicted molar refractivity (Wildman–Crippen MR) is 49.4 cm³/mol. The summed E-state index contributed by atoms with van der Waals surface area (Å²) in [4.78, 5) is 11.4. The van der Waals surface area contributed by atoms with Gasteiger partial charge >= 0.3 is 0 Å². The van der Waals surface area contributed by atoms with Crippen molar-refractivity contribution in [3.63, 3.8) is 0 Å². The van der Waals surface area contributed by atoms with E-state index in [1.807, 2.05) is 0 Å². The number of aliphatic hydroxyl groups excluding tert-OH is 1. The van der Waals surface area contributed by atoms with E-state index < -0.39 is 12.0 Å². The van der Waals surface area contributed by atoms with Gasteiger partial charge in [0, 0.05) is 0 Å². The van der Waals surface area contributed by atoms with E-state index in [9.17, 15) is 9.18 Å². The normalized spacial score (nSPS) is 17.9. The van der Waals surface area contributed by atoms with Crippen molar-refractivity contribution in [2.75, 3.05) is 6.61 Å². The van der Waals surface area contributed by atoms with Gasteiger partial charge in [0.1, 0.15) is 12.4 Å². The number of benzene rings is 1. The summed E-state index contributed by atoms with van der Waals surface area (Å²) in [6, 6.07) is 5.94. The Morgan fingerprint density at radius 3 is 2.36 bits per heavy atom. The summed E-state index contributed by atoms with van der Waals surface area (Å²) in [5, 5.41) is 8.80. The number of ketones is 1. The summed E-state index contributed by atoms with van der Waals surface area (Å²) in [5.41, 5.74) is 0.306. The Labute approximate surface area is 81.4 Å². The van der Waals surface area contributed by atoms with Gasteiger partial charge in [-0.15, -0.1) is 0 Å². The van der Waals surface area contributed by atoms with Crippen LogP contribution in [0.15, 0.2) is 24.3 Å². The lowest BCUT2D eigenvalue weighted by Gasteiger charge is -2.12. The Morgan fingerprint density at radius 2 is 1.93 bits per heavy atom. The van der Waals surface area contributed by atoms with Gasteiger partial charge < -0.3 is 5.11 Å². The van der Waals surface area contributed by atoms with Gasteiger partial charge in [-0.2, -0.15) is 0 Å². The molecule has 0 aliphatic heterocycles. The van der Waals surface area contributed by atoms with Crippen molar-refractivity contribution in [1.29, 1.82) is 0 Å². The molecule has 2 nitrogen and oxygen atoms in total. The summed E-state index contributed by atoms with van der Waals surface area (Å²) >= 11 is 0. The highest BCUT2D eigenvalue weighted by Crippen LogP contribution is 2.48. The van der Waals surface area contributed by atoms with Crippen LogP contribution in [0.25, 0.3) is 0 Å². The van der Waals surface area contributed by atoms with Crippen LogP contribution in [0.3, 0.4) is 0 Å². The first-order valence-electron chi connectivity index (χ1n) is 4.59. The average molecular weight is 194 g/mol. The molecule has 1 aromatic carbocycles. The van der Waals surface area contributed by atoms with Gasteiger partial charge in [-0.3, -0.25) is 4.79 Å². The van der Waals surface area contributed by atoms with Crippen LogP contribution >= 0.6 is 0 Å². The zero-order valence-corrected chi connectivity index (χ0v) is 7.66. The highest BCUT2D eigenvalue weighted by atomic mass is 19.1. The van der Waals surface area contributed by atoms with Gasteiger partial charge in [-0.25, -0.2) is 4.39 Å².